The van der Waals surface area contributed by atoms with Crippen LogP contribution in [0.15, 0.2) is 54.7 Å². The van der Waals surface area contributed by atoms with Crippen LogP contribution in [0.2, 0.25) is 0 Å². The molecule has 28 heavy (non-hydrogen) atoms. The van der Waals surface area contributed by atoms with Crippen LogP contribution in [0.5, 0.6) is 0 Å². The maximum Gasteiger partial charge on any atom is 0.231 e. The predicted octanol–water partition coefficient (Wildman–Crippen LogP) is 3.35. The Balaban J connectivity index is 1.77. The third-order valence-corrected chi connectivity index (χ3v) is 5.94. The van der Waals surface area contributed by atoms with Crippen LogP contribution in [-0.4, -0.2) is 38.1 Å². The van der Waals surface area contributed by atoms with Gasteiger partial charge >= 0.3 is 0 Å². The van der Waals surface area contributed by atoms with Crippen LogP contribution < -0.4 is 9.62 Å². The molecule has 0 atom stereocenters. The van der Waals surface area contributed by atoms with Crippen LogP contribution in [0.4, 0.5) is 11.4 Å². The Kier molecular flexibility index (Phi) is 4.27. The lowest BCUT2D eigenvalue weighted by Crippen LogP contribution is -2.24. The van der Waals surface area contributed by atoms with Crippen molar-refractivity contribution >= 4 is 49.7 Å². The summed E-state index contributed by atoms with van der Waals surface area (Å²) in [5.41, 5.74) is 4.84. The molecule has 1 amide bonds. The van der Waals surface area contributed by atoms with Crippen LogP contribution in [0.25, 0.3) is 33.1 Å². The highest BCUT2D eigenvalue weighted by molar-refractivity contribution is 7.92. The molecule has 0 aliphatic rings. The summed E-state index contributed by atoms with van der Waals surface area (Å²) in [5.74, 6) is 0. The van der Waals surface area contributed by atoms with E-state index in [0.717, 1.165) is 33.1 Å². The topological polar surface area (TPSA) is 95.2 Å². The fourth-order valence-electron chi connectivity index (χ4n) is 3.14. The zero-order valence-corrected chi connectivity index (χ0v) is 16.1. The molecule has 0 fully saturated rings. The van der Waals surface area contributed by atoms with E-state index in [1.807, 2.05) is 36.4 Å². The molecule has 2 heterocycles. The van der Waals surface area contributed by atoms with Gasteiger partial charge in [0.2, 0.25) is 16.4 Å². The molecule has 0 spiro atoms. The summed E-state index contributed by atoms with van der Waals surface area (Å²) in [6.45, 7) is 0. The number of sulfonamides is 1. The highest BCUT2D eigenvalue weighted by Crippen LogP contribution is 2.31. The zero-order valence-electron chi connectivity index (χ0n) is 15.3. The summed E-state index contributed by atoms with van der Waals surface area (Å²) in [7, 11) is -1.78. The Hall–Kier alpha value is -3.39. The van der Waals surface area contributed by atoms with Gasteiger partial charge in [0, 0.05) is 40.8 Å². The van der Waals surface area contributed by atoms with Crippen LogP contribution >= 0.6 is 0 Å². The number of anilines is 2. The van der Waals surface area contributed by atoms with E-state index in [0.29, 0.717) is 17.8 Å². The molecule has 2 aromatic heterocycles. The van der Waals surface area contributed by atoms with E-state index in [1.165, 1.54) is 17.6 Å². The first-order valence-electron chi connectivity index (χ1n) is 8.53. The minimum absolute atomic E-state index is 0.594. The van der Waals surface area contributed by atoms with Gasteiger partial charge in [-0.1, -0.05) is 12.1 Å². The smallest absolute Gasteiger partial charge is 0.231 e. The molecule has 4 aromatic rings. The van der Waals surface area contributed by atoms with E-state index < -0.39 is 10.0 Å². The summed E-state index contributed by atoms with van der Waals surface area (Å²) in [4.78, 5) is 18.5. The van der Waals surface area contributed by atoms with Crippen molar-refractivity contribution in [2.24, 2.45) is 0 Å². The molecule has 7 nitrogen and oxygen atoms in total. The number of benzene rings is 2. The van der Waals surface area contributed by atoms with Crippen molar-refractivity contribution in [3.8, 4) is 11.1 Å². The van der Waals surface area contributed by atoms with Gasteiger partial charge in [0.05, 0.1) is 11.9 Å². The lowest BCUT2D eigenvalue weighted by atomic mass is 10.1. The number of H-pyrrole nitrogens is 1. The van der Waals surface area contributed by atoms with Gasteiger partial charge < -0.3 is 10.3 Å². The summed E-state index contributed by atoms with van der Waals surface area (Å²) in [6, 6.07) is 14.9. The Bertz CT molecular complexity index is 1290. The maximum absolute atomic E-state index is 11.7. The normalized spacial score (nSPS) is 11.6. The number of nitrogens with zero attached hydrogens (tertiary/aromatic N) is 2. The SMILES string of the molecule is CN(c1ccc(-c2cnc3[nH]c4ccc(NC=O)cc4c3c2)cc1)S(C)(=O)=O. The van der Waals surface area contributed by atoms with Crippen molar-refractivity contribution < 1.29 is 13.2 Å². The molecule has 0 aliphatic carbocycles. The second kappa shape index (κ2) is 6.65. The van der Waals surface area contributed by atoms with Gasteiger partial charge in [-0.25, -0.2) is 13.4 Å². The number of fused-ring (bicyclic) bond motifs is 3. The van der Waals surface area contributed by atoms with Gasteiger partial charge in [-0.3, -0.25) is 9.10 Å². The Morgan fingerprint density at radius 2 is 1.79 bits per heavy atom. The molecule has 0 bridgehead atoms. The van der Waals surface area contributed by atoms with E-state index in [-0.39, 0.29) is 0 Å². The number of carbonyl (C=O) groups excluding carboxylic acids is 1. The van der Waals surface area contributed by atoms with Gasteiger partial charge in [-0.15, -0.1) is 0 Å². The molecule has 2 N–H and O–H groups in total. The summed E-state index contributed by atoms with van der Waals surface area (Å²) in [5, 5.41) is 4.57. The van der Waals surface area contributed by atoms with E-state index in [9.17, 15) is 13.2 Å². The molecule has 0 aliphatic heterocycles. The number of aromatic amines is 1. The number of rotatable bonds is 5. The fraction of sp³-hybridized carbons (Fsp3) is 0.100. The summed E-state index contributed by atoms with van der Waals surface area (Å²) in [6.07, 6.45) is 3.59. The van der Waals surface area contributed by atoms with Crippen LogP contribution in [0, 0.1) is 0 Å². The van der Waals surface area contributed by atoms with Crippen molar-refractivity contribution in [2.45, 2.75) is 0 Å². The van der Waals surface area contributed by atoms with Gasteiger partial charge in [-0.05, 0) is 42.0 Å². The minimum atomic E-state index is -3.30. The fourth-order valence-corrected chi connectivity index (χ4v) is 3.65. The van der Waals surface area contributed by atoms with Crippen LogP contribution in [-0.2, 0) is 14.8 Å². The molecular weight excluding hydrogens is 376 g/mol. The lowest BCUT2D eigenvalue weighted by molar-refractivity contribution is -0.105. The number of carbonyl (C=O) groups is 1. The third kappa shape index (κ3) is 3.18. The van der Waals surface area contributed by atoms with Gasteiger partial charge in [0.25, 0.3) is 0 Å². The zero-order chi connectivity index (χ0) is 19.9. The van der Waals surface area contributed by atoms with E-state index in [2.05, 4.69) is 15.3 Å². The molecule has 0 saturated carbocycles. The van der Waals surface area contributed by atoms with Crippen LogP contribution in [0.3, 0.4) is 0 Å². The van der Waals surface area contributed by atoms with E-state index in [1.54, 1.807) is 18.3 Å². The number of pyridine rings is 1. The third-order valence-electron chi connectivity index (χ3n) is 4.74. The second-order valence-electron chi connectivity index (χ2n) is 6.55. The molecule has 142 valence electrons. The van der Waals surface area contributed by atoms with E-state index >= 15 is 0 Å². The molecule has 4 rings (SSSR count). The predicted molar refractivity (Wildman–Crippen MR) is 112 cm³/mol. The Labute approximate surface area is 162 Å². The highest BCUT2D eigenvalue weighted by atomic mass is 32.2. The molecule has 8 heteroatoms. The summed E-state index contributed by atoms with van der Waals surface area (Å²) >= 11 is 0. The first kappa shape index (κ1) is 18.0. The van der Waals surface area contributed by atoms with Crippen molar-refractivity contribution in [3.63, 3.8) is 0 Å². The number of hydrogen-bond acceptors (Lipinski definition) is 4. The van der Waals surface area contributed by atoms with Gasteiger partial charge in [0.15, 0.2) is 0 Å². The minimum Gasteiger partial charge on any atom is -0.339 e. The van der Waals surface area contributed by atoms with Crippen molar-refractivity contribution in [2.75, 3.05) is 22.9 Å². The molecular formula is C20H18N4O3S. The Morgan fingerprint density at radius 3 is 2.46 bits per heavy atom. The average molecular weight is 394 g/mol. The average Bonchev–Trinajstić information content (AvgIpc) is 3.04. The Morgan fingerprint density at radius 1 is 1.04 bits per heavy atom. The molecule has 0 saturated heterocycles. The van der Waals surface area contributed by atoms with Crippen LogP contribution in [0.1, 0.15) is 0 Å². The number of hydrogen-bond donors (Lipinski definition) is 2. The maximum atomic E-state index is 11.7. The van der Waals surface area contributed by atoms with Crippen molar-refractivity contribution in [1.29, 1.82) is 0 Å². The number of nitrogens with one attached hydrogen (secondary N) is 2. The molecule has 2 aromatic carbocycles. The van der Waals surface area contributed by atoms with E-state index in [4.69, 9.17) is 0 Å². The monoisotopic (exact) mass is 394 g/mol. The van der Waals surface area contributed by atoms with Gasteiger partial charge in [-0.2, -0.15) is 0 Å². The quantitative estimate of drug-likeness (QED) is 0.508. The molecule has 0 unspecified atom stereocenters. The first-order valence-corrected chi connectivity index (χ1v) is 10.4. The molecule has 0 radical (unpaired) electrons. The number of aromatic nitrogens is 2. The standard InChI is InChI=1S/C20H18N4O3S/c1-24(28(2,26)27)16-6-3-13(4-7-16)14-9-18-17-10-15(22-12-25)5-8-19(17)23-20(18)21-11-14/h3-12H,1-2H3,(H,21,23)(H,22,25). The number of amides is 1. The van der Waals surface area contributed by atoms with Crippen molar-refractivity contribution in [3.05, 3.63) is 54.7 Å². The van der Waals surface area contributed by atoms with Crippen molar-refractivity contribution in [1.82, 2.24) is 9.97 Å². The summed E-state index contributed by atoms with van der Waals surface area (Å²) < 4.78 is 24.6. The van der Waals surface area contributed by atoms with Gasteiger partial charge in [0.1, 0.15) is 5.65 Å². The highest BCUT2D eigenvalue weighted by Gasteiger charge is 2.12. The second-order valence-corrected chi connectivity index (χ2v) is 8.56. The first-order chi connectivity index (χ1) is 13.4. The lowest BCUT2D eigenvalue weighted by Gasteiger charge is -2.16. The largest absolute Gasteiger partial charge is 0.339 e.